The molecule has 0 fully saturated rings. The molecular formula is C31H24N4. The Balaban J connectivity index is 1.33. The van der Waals surface area contributed by atoms with Gasteiger partial charge in [-0.05, 0) is 41.3 Å². The van der Waals surface area contributed by atoms with Crippen LogP contribution < -0.4 is 0 Å². The summed E-state index contributed by atoms with van der Waals surface area (Å²) < 4.78 is 0. The van der Waals surface area contributed by atoms with E-state index in [1.54, 1.807) is 12.4 Å². The highest BCUT2D eigenvalue weighted by Crippen LogP contribution is 2.30. The third kappa shape index (κ3) is 4.04. The molecule has 0 bridgehead atoms. The molecule has 4 nitrogen and oxygen atoms in total. The lowest BCUT2D eigenvalue weighted by Gasteiger charge is -2.09. The third-order valence-electron chi connectivity index (χ3n) is 6.40. The van der Waals surface area contributed by atoms with Crippen LogP contribution in [0, 0.1) is 0 Å². The van der Waals surface area contributed by atoms with Crippen molar-refractivity contribution in [3.05, 3.63) is 109 Å². The fourth-order valence-corrected chi connectivity index (χ4v) is 4.60. The molecule has 4 heteroatoms. The predicted molar refractivity (Wildman–Crippen MR) is 143 cm³/mol. The van der Waals surface area contributed by atoms with E-state index in [1.165, 1.54) is 10.9 Å². The van der Waals surface area contributed by atoms with Crippen LogP contribution in [0.1, 0.15) is 18.9 Å². The molecule has 0 amide bonds. The van der Waals surface area contributed by atoms with Gasteiger partial charge >= 0.3 is 0 Å². The summed E-state index contributed by atoms with van der Waals surface area (Å²) in [6.07, 6.45) is 7.59. The Bertz CT molecular complexity index is 1620. The zero-order valence-electron chi connectivity index (χ0n) is 19.5. The van der Waals surface area contributed by atoms with E-state index in [2.05, 4.69) is 95.8 Å². The molecule has 3 aromatic carbocycles. The first-order chi connectivity index (χ1) is 17.3. The molecule has 0 N–H and O–H groups in total. The average Bonchev–Trinajstić information content (AvgIpc) is 2.94. The lowest BCUT2D eigenvalue weighted by molar-refractivity contribution is 0.928. The zero-order valence-corrected chi connectivity index (χ0v) is 19.5. The molecule has 0 spiro atoms. The van der Waals surface area contributed by atoms with Crippen LogP contribution in [-0.4, -0.2) is 19.9 Å². The maximum atomic E-state index is 5.05. The van der Waals surface area contributed by atoms with E-state index < -0.39 is 0 Å². The monoisotopic (exact) mass is 452 g/mol. The van der Waals surface area contributed by atoms with Crippen LogP contribution in [0.25, 0.3) is 55.6 Å². The summed E-state index contributed by atoms with van der Waals surface area (Å²) in [5.74, 6) is 0.737. The van der Waals surface area contributed by atoms with Crippen molar-refractivity contribution in [1.82, 2.24) is 19.9 Å². The third-order valence-corrected chi connectivity index (χ3v) is 6.40. The Morgan fingerprint density at radius 2 is 1.23 bits per heavy atom. The van der Waals surface area contributed by atoms with Crippen LogP contribution in [0.15, 0.2) is 104 Å². The van der Waals surface area contributed by atoms with Crippen molar-refractivity contribution in [1.29, 1.82) is 0 Å². The van der Waals surface area contributed by atoms with E-state index in [1.807, 2.05) is 12.3 Å². The van der Waals surface area contributed by atoms with Gasteiger partial charge in [-0.1, -0.05) is 80.1 Å². The van der Waals surface area contributed by atoms with Gasteiger partial charge in [-0.3, -0.25) is 4.98 Å². The number of hydrogen-bond acceptors (Lipinski definition) is 4. The number of fused-ring (bicyclic) bond motifs is 3. The maximum Gasteiger partial charge on any atom is 0.159 e. The molecule has 35 heavy (non-hydrogen) atoms. The Hall–Kier alpha value is -4.44. The van der Waals surface area contributed by atoms with Crippen molar-refractivity contribution in [2.24, 2.45) is 0 Å². The van der Waals surface area contributed by atoms with E-state index in [9.17, 15) is 0 Å². The number of pyridine rings is 2. The summed E-state index contributed by atoms with van der Waals surface area (Å²) in [6, 6.07) is 29.4. The highest BCUT2D eigenvalue weighted by molar-refractivity contribution is 6.04. The van der Waals surface area contributed by atoms with Gasteiger partial charge in [0.15, 0.2) is 5.82 Å². The van der Waals surface area contributed by atoms with Gasteiger partial charge in [0.05, 0.1) is 16.7 Å². The molecule has 0 saturated carbocycles. The Morgan fingerprint density at radius 1 is 0.571 bits per heavy atom. The summed E-state index contributed by atoms with van der Waals surface area (Å²) in [4.78, 5) is 18.4. The molecular weight excluding hydrogens is 428 g/mol. The minimum atomic E-state index is 0.737. The van der Waals surface area contributed by atoms with Crippen molar-refractivity contribution in [2.45, 2.75) is 19.8 Å². The standard InChI is InChI=1S/C31H24N4/c1-2-4-23-17-20-32-30-27(23)15-13-25-14-16-28(35-29(25)30)24-9-5-21(6-10-24)22-7-11-26(12-8-22)31-33-18-3-19-34-31/h3,5-20H,2,4H2,1H3. The van der Waals surface area contributed by atoms with Crippen LogP contribution in [-0.2, 0) is 6.42 Å². The summed E-state index contributed by atoms with van der Waals surface area (Å²) in [5.41, 5.74) is 8.64. The summed E-state index contributed by atoms with van der Waals surface area (Å²) in [7, 11) is 0. The second-order valence-corrected chi connectivity index (χ2v) is 8.68. The van der Waals surface area contributed by atoms with Crippen LogP contribution in [0.4, 0.5) is 0 Å². The van der Waals surface area contributed by atoms with Gasteiger partial charge in [0.1, 0.15) is 0 Å². The van der Waals surface area contributed by atoms with Gasteiger partial charge in [-0.15, -0.1) is 0 Å². The molecule has 0 saturated heterocycles. The van der Waals surface area contributed by atoms with Gasteiger partial charge in [-0.2, -0.15) is 0 Å². The molecule has 6 rings (SSSR count). The number of aromatic nitrogens is 4. The van der Waals surface area contributed by atoms with E-state index in [-0.39, 0.29) is 0 Å². The van der Waals surface area contributed by atoms with E-state index >= 15 is 0 Å². The highest BCUT2D eigenvalue weighted by atomic mass is 14.8. The first-order valence-electron chi connectivity index (χ1n) is 12.0. The molecule has 168 valence electrons. The Labute approximate surface area is 204 Å². The lowest BCUT2D eigenvalue weighted by Crippen LogP contribution is -1.92. The van der Waals surface area contributed by atoms with Gasteiger partial charge in [0.25, 0.3) is 0 Å². The molecule has 3 heterocycles. The summed E-state index contributed by atoms with van der Waals surface area (Å²) in [5, 5.41) is 2.31. The molecule has 0 aliphatic rings. The topological polar surface area (TPSA) is 51.6 Å². The fourth-order valence-electron chi connectivity index (χ4n) is 4.60. The highest BCUT2D eigenvalue weighted by Gasteiger charge is 2.09. The molecule has 0 radical (unpaired) electrons. The predicted octanol–water partition coefficient (Wildman–Crippen LogP) is 7.53. The number of aryl methyl sites for hydroxylation is 1. The average molecular weight is 453 g/mol. The van der Waals surface area contributed by atoms with Crippen molar-refractivity contribution in [2.75, 3.05) is 0 Å². The van der Waals surface area contributed by atoms with Gasteiger partial charge in [0, 0.05) is 40.5 Å². The Kier molecular flexibility index (Phi) is 5.47. The molecule has 3 aromatic heterocycles. The molecule has 0 atom stereocenters. The lowest BCUT2D eigenvalue weighted by atomic mass is 10.00. The number of nitrogens with zero attached hydrogens (tertiary/aromatic N) is 4. The first kappa shape index (κ1) is 21.1. The molecule has 0 aliphatic carbocycles. The van der Waals surface area contributed by atoms with Crippen molar-refractivity contribution < 1.29 is 0 Å². The minimum Gasteiger partial charge on any atom is -0.254 e. The second-order valence-electron chi connectivity index (χ2n) is 8.68. The van der Waals surface area contributed by atoms with Gasteiger partial charge in [0.2, 0.25) is 0 Å². The minimum absolute atomic E-state index is 0.737. The van der Waals surface area contributed by atoms with Gasteiger partial charge < -0.3 is 0 Å². The second kappa shape index (κ2) is 9.07. The summed E-state index contributed by atoms with van der Waals surface area (Å²) in [6.45, 7) is 2.21. The SMILES string of the molecule is CCCc1ccnc2c1ccc1ccc(-c3ccc(-c4ccc(-c5ncccn5)cc4)cc3)nc12. The fraction of sp³-hybridized carbons (Fsp3) is 0.0968. The number of benzene rings is 3. The van der Waals surface area contributed by atoms with Crippen molar-refractivity contribution in [3.8, 4) is 33.8 Å². The first-order valence-corrected chi connectivity index (χ1v) is 12.0. The van der Waals surface area contributed by atoms with Crippen LogP contribution >= 0.6 is 0 Å². The zero-order chi connectivity index (χ0) is 23.6. The van der Waals surface area contributed by atoms with Gasteiger partial charge in [-0.25, -0.2) is 15.0 Å². The normalized spacial score (nSPS) is 11.2. The smallest absolute Gasteiger partial charge is 0.159 e. The van der Waals surface area contributed by atoms with Crippen LogP contribution in [0.2, 0.25) is 0 Å². The summed E-state index contributed by atoms with van der Waals surface area (Å²) >= 11 is 0. The maximum absolute atomic E-state index is 5.05. The Morgan fingerprint density at radius 3 is 1.94 bits per heavy atom. The van der Waals surface area contributed by atoms with Crippen LogP contribution in [0.3, 0.4) is 0 Å². The van der Waals surface area contributed by atoms with E-state index in [4.69, 9.17) is 9.97 Å². The largest absolute Gasteiger partial charge is 0.254 e. The quantitative estimate of drug-likeness (QED) is 0.254. The van der Waals surface area contributed by atoms with E-state index in [0.717, 1.165) is 63.0 Å². The molecule has 0 aliphatic heterocycles. The van der Waals surface area contributed by atoms with Crippen LogP contribution in [0.5, 0.6) is 0 Å². The molecule has 0 unspecified atom stereocenters. The van der Waals surface area contributed by atoms with E-state index in [0.29, 0.717) is 0 Å². The number of hydrogen-bond donors (Lipinski definition) is 0. The molecule has 6 aromatic rings. The van der Waals surface area contributed by atoms with Crippen molar-refractivity contribution in [3.63, 3.8) is 0 Å². The number of rotatable bonds is 5. The van der Waals surface area contributed by atoms with Crippen molar-refractivity contribution >= 4 is 21.8 Å².